The number of hydrogen-bond acceptors (Lipinski definition) is 4. The quantitative estimate of drug-likeness (QED) is 0.473. The molecule has 3 rings (SSSR count). The van der Waals surface area contributed by atoms with E-state index in [1.165, 1.54) is 12.1 Å². The van der Waals surface area contributed by atoms with E-state index in [1.54, 1.807) is 18.3 Å². The van der Waals surface area contributed by atoms with Crippen molar-refractivity contribution in [2.24, 2.45) is 0 Å². The average Bonchev–Trinajstić information content (AvgIpc) is 2.64. The summed E-state index contributed by atoms with van der Waals surface area (Å²) >= 11 is 0.702. The molecule has 2 aromatic carbocycles. The van der Waals surface area contributed by atoms with Crippen molar-refractivity contribution in [3.63, 3.8) is 0 Å². The first-order valence-corrected chi connectivity index (χ1v) is 11.2. The van der Waals surface area contributed by atoms with Crippen molar-refractivity contribution in [1.82, 2.24) is 10.1 Å². The molecule has 28 heavy (non-hydrogen) atoms. The summed E-state index contributed by atoms with van der Waals surface area (Å²) in [6, 6.07) is 13.8. The minimum atomic E-state index is -4.46. The molecule has 10 heteroatoms. The van der Waals surface area contributed by atoms with Gasteiger partial charge in [0.15, 0.2) is 0 Å². The zero-order chi connectivity index (χ0) is 19.5. The van der Waals surface area contributed by atoms with Gasteiger partial charge in [0.25, 0.3) is 0 Å². The molecular weight excluding hydrogens is 419 g/mol. The minimum absolute atomic E-state index is 0. The molecular formula is C18H15F3N2NaO2PS. The van der Waals surface area contributed by atoms with Crippen molar-refractivity contribution in [2.45, 2.75) is 18.5 Å². The molecule has 0 saturated heterocycles. The number of nitrogens with one attached hydrogen (secondary N) is 1. The van der Waals surface area contributed by atoms with Crippen molar-refractivity contribution in [2.75, 3.05) is 0 Å². The van der Waals surface area contributed by atoms with Crippen molar-refractivity contribution in [1.29, 1.82) is 0 Å². The molecule has 1 N–H and O–H groups in total. The number of alkyl halides is 3. The van der Waals surface area contributed by atoms with Gasteiger partial charge in [-0.15, -0.1) is 0 Å². The normalized spacial score (nSPS) is 13.7. The Morgan fingerprint density at radius 3 is 2.57 bits per heavy atom. The van der Waals surface area contributed by atoms with E-state index in [-0.39, 0.29) is 47.4 Å². The van der Waals surface area contributed by atoms with Crippen LogP contribution in [0, 0.1) is 0 Å². The van der Waals surface area contributed by atoms with Crippen LogP contribution in [-0.2, 0) is 23.0 Å². The molecule has 1 atom stereocenters. The number of aromatic nitrogens is 1. The summed E-state index contributed by atoms with van der Waals surface area (Å²) < 4.78 is 50.4. The zero-order valence-corrected chi connectivity index (χ0v) is 18.7. The molecule has 0 amide bonds. The van der Waals surface area contributed by atoms with E-state index in [2.05, 4.69) is 10.1 Å². The first kappa shape index (κ1) is 23.4. The van der Waals surface area contributed by atoms with Crippen LogP contribution in [0.3, 0.4) is 0 Å². The van der Waals surface area contributed by atoms with Gasteiger partial charge in [-0.25, -0.2) is 0 Å². The van der Waals surface area contributed by atoms with Gasteiger partial charge in [0.2, 0.25) is 0 Å². The second kappa shape index (κ2) is 9.76. The van der Waals surface area contributed by atoms with Gasteiger partial charge in [-0.3, -0.25) is 10.1 Å². The standard InChI is InChI=1S/C18H16F3N2O2PS.Na/c19-18(20,21)16-8-1-4-13(10-16)11-23-26(24,25)27-12-15-6-2-5-14-7-3-9-22-17(14)15;/h1-10H,11-12H2,(H2,23,24,25);/q;+1/p-1. The third-order valence-corrected chi connectivity index (χ3v) is 6.96. The Morgan fingerprint density at radius 2 is 1.82 bits per heavy atom. The Labute approximate surface area is 186 Å². The summed E-state index contributed by atoms with van der Waals surface area (Å²) in [5, 5.41) is 3.26. The molecule has 0 bridgehead atoms. The average molecular weight is 434 g/mol. The smallest absolute Gasteiger partial charge is 0.780 e. The fourth-order valence-corrected chi connectivity index (χ4v) is 4.93. The zero-order valence-electron chi connectivity index (χ0n) is 14.9. The van der Waals surface area contributed by atoms with Crippen LogP contribution in [0.5, 0.6) is 0 Å². The SMILES string of the molecule is O=P([O-])(NCc1cccc(C(F)(F)F)c1)SCc1cccc2cccnc12.[Na+]. The molecule has 4 nitrogen and oxygen atoms in total. The van der Waals surface area contributed by atoms with Gasteiger partial charge in [-0.2, -0.15) is 13.2 Å². The van der Waals surface area contributed by atoms with Crippen LogP contribution >= 0.6 is 18.1 Å². The topological polar surface area (TPSA) is 65.0 Å². The maximum absolute atomic E-state index is 12.7. The fraction of sp³-hybridized carbons (Fsp3) is 0.167. The van der Waals surface area contributed by atoms with Crippen molar-refractivity contribution in [3.05, 3.63) is 77.5 Å². The predicted molar refractivity (Wildman–Crippen MR) is 98.9 cm³/mol. The largest absolute Gasteiger partial charge is 1.00 e. The number of rotatable bonds is 6. The van der Waals surface area contributed by atoms with E-state index < -0.39 is 18.5 Å². The number of nitrogens with zero attached hydrogens (tertiary/aromatic N) is 1. The molecule has 0 saturated carbocycles. The second-order valence-electron chi connectivity index (χ2n) is 5.80. The van der Waals surface area contributed by atoms with E-state index in [1.807, 2.05) is 18.2 Å². The van der Waals surface area contributed by atoms with E-state index in [0.29, 0.717) is 11.4 Å². The first-order valence-electron chi connectivity index (χ1n) is 7.94. The molecule has 3 aromatic rings. The molecule has 1 heterocycles. The summed E-state index contributed by atoms with van der Waals surface area (Å²) in [7, 11) is 0. The van der Waals surface area contributed by atoms with Gasteiger partial charge in [0, 0.05) is 23.9 Å². The predicted octanol–water partition coefficient (Wildman–Crippen LogP) is 1.75. The summed E-state index contributed by atoms with van der Waals surface area (Å²) in [5.74, 6) is 0.185. The Bertz CT molecular complexity index is 998. The fourth-order valence-electron chi connectivity index (χ4n) is 2.53. The van der Waals surface area contributed by atoms with Crippen molar-refractivity contribution in [3.8, 4) is 0 Å². The maximum Gasteiger partial charge on any atom is 1.00 e. The van der Waals surface area contributed by atoms with E-state index in [0.717, 1.165) is 28.6 Å². The number of halogens is 3. The van der Waals surface area contributed by atoms with Gasteiger partial charge in [0.05, 0.1) is 11.1 Å². The first-order chi connectivity index (χ1) is 12.7. The Hall–Kier alpha value is -0.860. The Balaban J connectivity index is 0.00000280. The summed E-state index contributed by atoms with van der Waals surface area (Å²) in [6.45, 7) is -4.25. The molecule has 1 unspecified atom stereocenters. The van der Waals surface area contributed by atoms with Crippen LogP contribution in [-0.4, -0.2) is 4.98 Å². The second-order valence-corrected chi connectivity index (χ2v) is 9.87. The monoisotopic (exact) mass is 434 g/mol. The summed E-state index contributed by atoms with van der Waals surface area (Å²) in [6.07, 6.45) is -2.83. The van der Waals surface area contributed by atoms with E-state index in [9.17, 15) is 22.6 Å². The molecule has 0 aliphatic rings. The van der Waals surface area contributed by atoms with Crippen LogP contribution in [0.2, 0.25) is 0 Å². The van der Waals surface area contributed by atoms with E-state index >= 15 is 0 Å². The third-order valence-electron chi connectivity index (χ3n) is 3.84. The third kappa shape index (κ3) is 6.32. The van der Waals surface area contributed by atoms with Crippen LogP contribution < -0.4 is 39.5 Å². The van der Waals surface area contributed by atoms with Crippen molar-refractivity contribution < 1.29 is 52.2 Å². The molecule has 0 radical (unpaired) electrons. The van der Waals surface area contributed by atoms with Gasteiger partial charge < -0.3 is 9.46 Å². The molecule has 0 fully saturated rings. The van der Waals surface area contributed by atoms with E-state index in [4.69, 9.17) is 0 Å². The summed E-state index contributed by atoms with van der Waals surface area (Å²) in [4.78, 5) is 16.5. The maximum atomic E-state index is 12.7. The molecule has 1 aromatic heterocycles. The van der Waals surface area contributed by atoms with Gasteiger partial charge in [0.1, 0.15) is 6.72 Å². The van der Waals surface area contributed by atoms with Crippen molar-refractivity contribution >= 4 is 29.0 Å². The number of para-hydroxylation sites is 1. The van der Waals surface area contributed by atoms with Gasteiger partial charge >= 0.3 is 35.7 Å². The number of hydrogen-bond donors (Lipinski definition) is 1. The Morgan fingerprint density at radius 1 is 1.11 bits per heavy atom. The van der Waals surface area contributed by atoms with Crippen LogP contribution in [0.1, 0.15) is 16.7 Å². The Kier molecular flexibility index (Phi) is 8.16. The van der Waals surface area contributed by atoms with Crippen LogP contribution in [0.25, 0.3) is 10.9 Å². The van der Waals surface area contributed by atoms with Gasteiger partial charge in [-0.05, 0) is 23.3 Å². The minimum Gasteiger partial charge on any atom is -0.780 e. The molecule has 142 valence electrons. The van der Waals surface area contributed by atoms with Crippen LogP contribution in [0.4, 0.5) is 13.2 Å². The number of fused-ring (bicyclic) bond motifs is 1. The number of pyridine rings is 1. The molecule has 0 spiro atoms. The summed E-state index contributed by atoms with van der Waals surface area (Å²) in [5.41, 5.74) is 0.936. The van der Waals surface area contributed by atoms with Gasteiger partial charge in [-0.1, -0.05) is 53.8 Å². The molecule has 0 aliphatic carbocycles. The molecule has 0 aliphatic heterocycles. The number of benzene rings is 2. The van der Waals surface area contributed by atoms with Crippen LogP contribution in [0.15, 0.2) is 60.8 Å².